The minimum atomic E-state index is -4.62. The number of fused-ring (bicyclic) bond motifs is 1. The summed E-state index contributed by atoms with van der Waals surface area (Å²) >= 11 is 2.15. The normalized spacial score (nSPS) is 11.9. The van der Waals surface area contributed by atoms with Crippen LogP contribution in [-0.4, -0.2) is 31.2 Å². The summed E-state index contributed by atoms with van der Waals surface area (Å²) in [5, 5.41) is 4.17. The van der Waals surface area contributed by atoms with Gasteiger partial charge in [0.25, 0.3) is 5.91 Å². The standard InChI is InChI=1S/C17H16F3N3O2S2/c1-25-6-3-5-22-15(24)14-13(21)12-9(17(18,19)20)8-10(23-16(12)27-14)11-4-2-7-26-11/h2,4,7-8H,3,5-6,21H2,1H3,(H,22,24). The number of carbonyl (C=O) groups excluding carboxylic acids is 1. The number of methoxy groups -OCH3 is 1. The van der Waals surface area contributed by atoms with Gasteiger partial charge in [-0.25, -0.2) is 4.98 Å². The van der Waals surface area contributed by atoms with Crippen LogP contribution >= 0.6 is 22.7 Å². The maximum absolute atomic E-state index is 13.6. The van der Waals surface area contributed by atoms with E-state index in [1.165, 1.54) is 11.3 Å². The van der Waals surface area contributed by atoms with Crippen LogP contribution < -0.4 is 11.1 Å². The quantitative estimate of drug-likeness (QED) is 0.586. The number of amides is 1. The fraction of sp³-hybridized carbons (Fsp3) is 0.294. The summed E-state index contributed by atoms with van der Waals surface area (Å²) in [5.74, 6) is -0.516. The van der Waals surface area contributed by atoms with Crippen LogP contribution in [0.25, 0.3) is 20.8 Å². The van der Waals surface area contributed by atoms with E-state index in [4.69, 9.17) is 10.5 Å². The predicted octanol–water partition coefficient (Wildman–Crippen LogP) is 4.39. The van der Waals surface area contributed by atoms with Gasteiger partial charge in [-0.05, 0) is 23.9 Å². The average Bonchev–Trinajstić information content (AvgIpc) is 3.25. The van der Waals surface area contributed by atoms with Gasteiger partial charge in [-0.1, -0.05) is 6.07 Å². The summed E-state index contributed by atoms with van der Waals surface area (Å²) < 4.78 is 45.8. The van der Waals surface area contributed by atoms with E-state index in [0.717, 1.165) is 17.4 Å². The molecule has 27 heavy (non-hydrogen) atoms. The molecule has 0 fully saturated rings. The number of pyridine rings is 1. The number of anilines is 1. The highest BCUT2D eigenvalue weighted by Crippen LogP contribution is 2.43. The molecule has 0 bridgehead atoms. The molecule has 3 rings (SSSR count). The number of nitrogen functional groups attached to an aromatic ring is 1. The highest BCUT2D eigenvalue weighted by atomic mass is 32.1. The van der Waals surface area contributed by atoms with Crippen LogP contribution in [-0.2, 0) is 10.9 Å². The molecule has 0 atom stereocenters. The largest absolute Gasteiger partial charge is 0.417 e. The summed E-state index contributed by atoms with van der Waals surface area (Å²) in [6.45, 7) is 0.798. The second kappa shape index (κ2) is 7.83. The Balaban J connectivity index is 2.06. The summed E-state index contributed by atoms with van der Waals surface area (Å²) in [4.78, 5) is 17.4. The Bertz CT molecular complexity index is 953. The maximum Gasteiger partial charge on any atom is 0.417 e. The predicted molar refractivity (Wildman–Crippen MR) is 101 cm³/mol. The Kier molecular flexibility index (Phi) is 5.68. The molecule has 0 aromatic carbocycles. The highest BCUT2D eigenvalue weighted by molar-refractivity contribution is 7.21. The second-order valence-corrected chi connectivity index (χ2v) is 7.60. The molecule has 0 unspecified atom stereocenters. The van der Waals surface area contributed by atoms with Gasteiger partial charge in [0.15, 0.2) is 0 Å². The third-order valence-corrected chi connectivity index (χ3v) is 5.79. The lowest BCUT2D eigenvalue weighted by atomic mass is 10.1. The van der Waals surface area contributed by atoms with Gasteiger partial charge in [0, 0.05) is 25.6 Å². The highest BCUT2D eigenvalue weighted by Gasteiger charge is 2.36. The fourth-order valence-corrected chi connectivity index (χ4v) is 4.28. The van der Waals surface area contributed by atoms with Crippen molar-refractivity contribution < 1.29 is 22.7 Å². The van der Waals surface area contributed by atoms with Crippen molar-refractivity contribution in [3.05, 3.63) is 34.0 Å². The van der Waals surface area contributed by atoms with Crippen LogP contribution in [0.5, 0.6) is 0 Å². The third-order valence-electron chi connectivity index (χ3n) is 3.80. The zero-order valence-corrected chi connectivity index (χ0v) is 15.9. The molecule has 10 heteroatoms. The van der Waals surface area contributed by atoms with Crippen LogP contribution in [0.1, 0.15) is 21.7 Å². The first-order chi connectivity index (χ1) is 12.8. The summed E-state index contributed by atoms with van der Waals surface area (Å²) in [5.41, 5.74) is 5.05. The smallest absolute Gasteiger partial charge is 0.397 e. The fourth-order valence-electron chi connectivity index (χ4n) is 2.56. The number of rotatable bonds is 6. The average molecular weight is 415 g/mol. The molecular formula is C17H16F3N3O2S2. The lowest BCUT2D eigenvalue weighted by Crippen LogP contribution is -2.25. The van der Waals surface area contributed by atoms with E-state index < -0.39 is 17.6 Å². The van der Waals surface area contributed by atoms with Gasteiger partial charge in [0.2, 0.25) is 0 Å². The lowest BCUT2D eigenvalue weighted by molar-refractivity contribution is -0.136. The number of nitrogens with one attached hydrogen (secondary N) is 1. The van der Waals surface area contributed by atoms with Crippen molar-refractivity contribution in [3.63, 3.8) is 0 Å². The van der Waals surface area contributed by atoms with Crippen molar-refractivity contribution in [1.82, 2.24) is 10.3 Å². The van der Waals surface area contributed by atoms with Crippen molar-refractivity contribution in [2.75, 3.05) is 26.0 Å². The molecule has 5 nitrogen and oxygen atoms in total. The van der Waals surface area contributed by atoms with E-state index in [2.05, 4.69) is 10.3 Å². The van der Waals surface area contributed by atoms with E-state index in [0.29, 0.717) is 24.4 Å². The van der Waals surface area contributed by atoms with Gasteiger partial charge >= 0.3 is 6.18 Å². The third kappa shape index (κ3) is 4.07. The summed E-state index contributed by atoms with van der Waals surface area (Å²) in [6, 6.07) is 4.41. The first-order valence-electron chi connectivity index (χ1n) is 7.94. The second-order valence-electron chi connectivity index (χ2n) is 5.66. The maximum atomic E-state index is 13.6. The molecule has 0 radical (unpaired) electrons. The van der Waals surface area contributed by atoms with Crippen LogP contribution in [0, 0.1) is 0 Å². The molecule has 0 saturated carbocycles. The van der Waals surface area contributed by atoms with Crippen LogP contribution in [0.2, 0.25) is 0 Å². The number of carbonyl (C=O) groups is 1. The monoisotopic (exact) mass is 415 g/mol. The van der Waals surface area contributed by atoms with Gasteiger partial charge < -0.3 is 15.8 Å². The Hall–Kier alpha value is -2.17. The molecule has 0 spiro atoms. The molecule has 0 aliphatic rings. The van der Waals surface area contributed by atoms with E-state index in [9.17, 15) is 18.0 Å². The van der Waals surface area contributed by atoms with Gasteiger partial charge in [0.1, 0.15) is 9.71 Å². The zero-order valence-electron chi connectivity index (χ0n) is 14.2. The Morgan fingerprint density at radius 2 is 2.19 bits per heavy atom. The molecule has 1 amide bonds. The molecule has 0 saturated heterocycles. The first-order valence-corrected chi connectivity index (χ1v) is 9.63. The number of halogens is 3. The number of nitrogens with two attached hydrogens (primary N) is 1. The molecule has 0 aliphatic carbocycles. The molecule has 3 N–H and O–H groups in total. The Labute approximate surface area is 161 Å². The number of hydrogen-bond donors (Lipinski definition) is 2. The van der Waals surface area contributed by atoms with Gasteiger partial charge in [0.05, 0.1) is 21.8 Å². The van der Waals surface area contributed by atoms with Crippen LogP contribution in [0.4, 0.5) is 18.9 Å². The Morgan fingerprint density at radius 1 is 1.41 bits per heavy atom. The topological polar surface area (TPSA) is 77.2 Å². The van der Waals surface area contributed by atoms with Crippen molar-refractivity contribution in [2.45, 2.75) is 12.6 Å². The number of hydrogen-bond acceptors (Lipinski definition) is 6. The van der Waals surface area contributed by atoms with Gasteiger partial charge in [-0.15, -0.1) is 22.7 Å². The van der Waals surface area contributed by atoms with Crippen LogP contribution in [0.15, 0.2) is 23.6 Å². The minimum absolute atomic E-state index is 0.0312. The minimum Gasteiger partial charge on any atom is -0.397 e. The van der Waals surface area contributed by atoms with Crippen molar-refractivity contribution >= 4 is 44.5 Å². The van der Waals surface area contributed by atoms with E-state index >= 15 is 0 Å². The molecule has 0 aliphatic heterocycles. The van der Waals surface area contributed by atoms with Crippen molar-refractivity contribution in [2.24, 2.45) is 0 Å². The van der Waals surface area contributed by atoms with E-state index in [1.807, 2.05) is 0 Å². The van der Waals surface area contributed by atoms with Gasteiger partial charge in [-0.3, -0.25) is 4.79 Å². The Morgan fingerprint density at radius 3 is 2.81 bits per heavy atom. The number of nitrogens with zero attached hydrogens (tertiary/aromatic N) is 1. The summed E-state index contributed by atoms with van der Waals surface area (Å²) in [7, 11) is 1.54. The number of ether oxygens (including phenoxy) is 1. The number of aromatic nitrogens is 1. The van der Waals surface area contributed by atoms with E-state index in [1.54, 1.807) is 24.6 Å². The van der Waals surface area contributed by atoms with Crippen molar-refractivity contribution in [3.8, 4) is 10.6 Å². The summed E-state index contributed by atoms with van der Waals surface area (Å²) in [6.07, 6.45) is -4.03. The number of thiophene rings is 2. The molecular weight excluding hydrogens is 399 g/mol. The number of alkyl halides is 3. The molecule has 3 aromatic rings. The SMILES string of the molecule is COCCCNC(=O)c1sc2nc(-c3cccs3)cc(C(F)(F)F)c2c1N. The van der Waals surface area contributed by atoms with Crippen molar-refractivity contribution in [1.29, 1.82) is 0 Å². The van der Waals surface area contributed by atoms with Gasteiger partial charge in [-0.2, -0.15) is 13.2 Å². The zero-order chi connectivity index (χ0) is 19.6. The van der Waals surface area contributed by atoms with Crippen LogP contribution in [0.3, 0.4) is 0 Å². The molecule has 144 valence electrons. The lowest BCUT2D eigenvalue weighted by Gasteiger charge is -2.10. The molecule has 3 aromatic heterocycles. The van der Waals surface area contributed by atoms with E-state index in [-0.39, 0.29) is 26.5 Å². The first kappa shape index (κ1) is 19.6. The molecule has 3 heterocycles.